The van der Waals surface area contributed by atoms with Crippen molar-refractivity contribution in [2.24, 2.45) is 10.8 Å². The monoisotopic (exact) mass is 305 g/mol. The number of rotatable bonds is 5. The average Bonchev–Trinajstić information content (AvgIpc) is 2.49. The number of halogens is 2. The molecule has 0 saturated heterocycles. The van der Waals surface area contributed by atoms with Gasteiger partial charge in [0.25, 0.3) is 0 Å². The van der Waals surface area contributed by atoms with Gasteiger partial charge < -0.3 is 10.5 Å². The zero-order valence-corrected chi connectivity index (χ0v) is 11.4. The summed E-state index contributed by atoms with van der Waals surface area (Å²) in [6.07, 6.45) is 1.42. The number of urea groups is 1. The summed E-state index contributed by atoms with van der Waals surface area (Å²) in [7, 11) is 0. The van der Waals surface area contributed by atoms with E-state index in [1.807, 2.05) is 0 Å². The number of benzene rings is 2. The SMILES string of the molecule is NC(=O)NN=Cc1ccc(COc2cc(F)ccc2F)cc1. The van der Waals surface area contributed by atoms with Crippen molar-refractivity contribution >= 4 is 12.2 Å². The lowest BCUT2D eigenvalue weighted by molar-refractivity contribution is 0.249. The molecule has 0 aliphatic rings. The Hall–Kier alpha value is -2.96. The Bertz CT molecular complexity index is 688. The number of carbonyl (C=O) groups excluding carboxylic acids is 1. The maximum atomic E-state index is 13.4. The summed E-state index contributed by atoms with van der Waals surface area (Å²) in [5, 5.41) is 3.61. The minimum atomic E-state index is -0.751. The Labute approximate surface area is 125 Å². The number of carbonyl (C=O) groups is 1. The molecule has 3 N–H and O–H groups in total. The van der Waals surface area contributed by atoms with Crippen LogP contribution in [0.15, 0.2) is 47.6 Å². The molecule has 0 aliphatic heterocycles. The number of nitrogens with two attached hydrogens (primary N) is 1. The summed E-state index contributed by atoms with van der Waals surface area (Å²) in [6.45, 7) is 0.0946. The third-order valence-electron chi connectivity index (χ3n) is 2.66. The van der Waals surface area contributed by atoms with E-state index in [-0.39, 0.29) is 12.4 Å². The molecule has 0 aliphatic carbocycles. The van der Waals surface area contributed by atoms with Crippen LogP contribution in [0, 0.1) is 11.6 Å². The summed E-state index contributed by atoms with van der Waals surface area (Å²) in [5.74, 6) is -1.33. The molecule has 2 aromatic carbocycles. The summed E-state index contributed by atoms with van der Waals surface area (Å²) < 4.78 is 31.6. The zero-order chi connectivity index (χ0) is 15.9. The Morgan fingerprint density at radius 2 is 1.95 bits per heavy atom. The highest BCUT2D eigenvalue weighted by Gasteiger charge is 2.05. The van der Waals surface area contributed by atoms with E-state index in [0.29, 0.717) is 0 Å². The lowest BCUT2D eigenvalue weighted by Crippen LogP contribution is -2.24. The second-order valence-corrected chi connectivity index (χ2v) is 4.34. The molecule has 5 nitrogen and oxygen atoms in total. The third-order valence-corrected chi connectivity index (χ3v) is 2.66. The first-order chi connectivity index (χ1) is 10.5. The summed E-state index contributed by atoms with van der Waals surface area (Å²) >= 11 is 0. The van der Waals surface area contributed by atoms with Gasteiger partial charge in [-0.15, -0.1) is 0 Å². The van der Waals surface area contributed by atoms with Crippen molar-refractivity contribution < 1.29 is 18.3 Å². The number of amides is 2. The molecule has 7 heteroatoms. The van der Waals surface area contributed by atoms with E-state index in [4.69, 9.17) is 10.5 Å². The van der Waals surface area contributed by atoms with Gasteiger partial charge in [-0.3, -0.25) is 0 Å². The van der Waals surface area contributed by atoms with Crippen LogP contribution < -0.4 is 15.9 Å². The third kappa shape index (κ3) is 4.55. The maximum absolute atomic E-state index is 13.4. The lowest BCUT2D eigenvalue weighted by atomic mass is 10.1. The Morgan fingerprint density at radius 3 is 2.64 bits per heavy atom. The molecular weight excluding hydrogens is 292 g/mol. The fourth-order valence-electron chi connectivity index (χ4n) is 1.62. The van der Waals surface area contributed by atoms with E-state index in [1.165, 1.54) is 6.21 Å². The van der Waals surface area contributed by atoms with Crippen LogP contribution in [0.25, 0.3) is 0 Å². The van der Waals surface area contributed by atoms with Crippen molar-refractivity contribution in [3.8, 4) is 5.75 Å². The molecular formula is C15H13F2N3O2. The van der Waals surface area contributed by atoms with Crippen molar-refractivity contribution in [2.45, 2.75) is 6.61 Å². The molecule has 0 unspecified atom stereocenters. The highest BCUT2D eigenvalue weighted by atomic mass is 19.1. The van der Waals surface area contributed by atoms with Crippen molar-refractivity contribution in [1.29, 1.82) is 0 Å². The van der Waals surface area contributed by atoms with Gasteiger partial charge in [-0.2, -0.15) is 5.10 Å². The molecule has 0 radical (unpaired) electrons. The van der Waals surface area contributed by atoms with Crippen molar-refractivity contribution in [3.05, 3.63) is 65.2 Å². The minimum absolute atomic E-state index is 0.0946. The van der Waals surface area contributed by atoms with Gasteiger partial charge in [-0.25, -0.2) is 19.0 Å². The molecule has 2 amide bonds. The van der Waals surface area contributed by atoms with Crippen LogP contribution in [-0.2, 0) is 6.61 Å². The van der Waals surface area contributed by atoms with Crippen LogP contribution in [0.3, 0.4) is 0 Å². The van der Waals surface area contributed by atoms with E-state index in [9.17, 15) is 13.6 Å². The fourth-order valence-corrected chi connectivity index (χ4v) is 1.62. The second kappa shape index (κ2) is 7.16. The summed E-state index contributed by atoms with van der Waals surface area (Å²) in [6, 6.07) is 9.21. The normalized spacial score (nSPS) is 10.6. The summed E-state index contributed by atoms with van der Waals surface area (Å²) in [5.41, 5.74) is 8.43. The fraction of sp³-hybridized carbons (Fsp3) is 0.0667. The number of nitrogens with one attached hydrogen (secondary N) is 1. The molecule has 2 aromatic rings. The highest BCUT2D eigenvalue weighted by Crippen LogP contribution is 2.19. The van der Waals surface area contributed by atoms with Crippen LogP contribution in [-0.4, -0.2) is 12.2 Å². The van der Waals surface area contributed by atoms with Crippen LogP contribution in [0.1, 0.15) is 11.1 Å². The van der Waals surface area contributed by atoms with Gasteiger partial charge in [0.2, 0.25) is 0 Å². The van der Waals surface area contributed by atoms with E-state index in [0.717, 1.165) is 29.3 Å². The van der Waals surface area contributed by atoms with E-state index in [1.54, 1.807) is 24.3 Å². The maximum Gasteiger partial charge on any atom is 0.332 e. The Balaban J connectivity index is 1.95. The van der Waals surface area contributed by atoms with Crippen LogP contribution in [0.2, 0.25) is 0 Å². The van der Waals surface area contributed by atoms with E-state index < -0.39 is 17.7 Å². The molecule has 0 saturated carbocycles. The predicted molar refractivity (Wildman–Crippen MR) is 77.4 cm³/mol. The summed E-state index contributed by atoms with van der Waals surface area (Å²) in [4.78, 5) is 10.4. The van der Waals surface area contributed by atoms with Crippen LogP contribution >= 0.6 is 0 Å². The number of hydrazone groups is 1. The Kier molecular flexibility index (Phi) is 5.02. The number of hydrogen-bond acceptors (Lipinski definition) is 3. The molecule has 0 heterocycles. The lowest BCUT2D eigenvalue weighted by Gasteiger charge is -2.07. The average molecular weight is 305 g/mol. The number of hydrogen-bond donors (Lipinski definition) is 2. The topological polar surface area (TPSA) is 76.7 Å². The van der Waals surface area contributed by atoms with Gasteiger partial charge in [-0.05, 0) is 23.3 Å². The first kappa shape index (κ1) is 15.4. The van der Waals surface area contributed by atoms with Crippen molar-refractivity contribution in [1.82, 2.24) is 5.43 Å². The quantitative estimate of drug-likeness (QED) is 0.658. The molecule has 0 fully saturated rings. The van der Waals surface area contributed by atoms with Gasteiger partial charge in [-0.1, -0.05) is 24.3 Å². The standard InChI is InChI=1S/C15H13F2N3O2/c16-12-5-6-13(17)14(7-12)22-9-11-3-1-10(2-4-11)8-19-20-15(18)21/h1-8H,9H2,(H3,18,20,21). The van der Waals surface area contributed by atoms with Gasteiger partial charge in [0.15, 0.2) is 11.6 Å². The van der Waals surface area contributed by atoms with Crippen LogP contribution in [0.5, 0.6) is 5.75 Å². The molecule has 0 spiro atoms. The largest absolute Gasteiger partial charge is 0.486 e. The van der Waals surface area contributed by atoms with Crippen LogP contribution in [0.4, 0.5) is 13.6 Å². The second-order valence-electron chi connectivity index (χ2n) is 4.34. The van der Waals surface area contributed by atoms with E-state index >= 15 is 0 Å². The molecule has 0 atom stereocenters. The number of primary amides is 1. The van der Waals surface area contributed by atoms with Gasteiger partial charge in [0.05, 0.1) is 6.21 Å². The van der Waals surface area contributed by atoms with Gasteiger partial charge >= 0.3 is 6.03 Å². The van der Waals surface area contributed by atoms with Crippen molar-refractivity contribution in [3.63, 3.8) is 0 Å². The Morgan fingerprint density at radius 1 is 1.23 bits per heavy atom. The molecule has 2 rings (SSSR count). The molecule has 114 valence electrons. The minimum Gasteiger partial charge on any atom is -0.486 e. The first-order valence-corrected chi connectivity index (χ1v) is 6.30. The smallest absolute Gasteiger partial charge is 0.332 e. The zero-order valence-electron chi connectivity index (χ0n) is 11.4. The first-order valence-electron chi connectivity index (χ1n) is 6.30. The molecule has 22 heavy (non-hydrogen) atoms. The number of ether oxygens (including phenoxy) is 1. The highest BCUT2D eigenvalue weighted by molar-refractivity contribution is 5.81. The molecule has 0 bridgehead atoms. The van der Waals surface area contributed by atoms with Gasteiger partial charge in [0.1, 0.15) is 12.4 Å². The van der Waals surface area contributed by atoms with Gasteiger partial charge in [0, 0.05) is 6.07 Å². The van der Waals surface area contributed by atoms with Crippen molar-refractivity contribution in [2.75, 3.05) is 0 Å². The predicted octanol–water partition coefficient (Wildman–Crippen LogP) is 2.55. The van der Waals surface area contributed by atoms with E-state index in [2.05, 4.69) is 10.5 Å². The molecule has 0 aromatic heterocycles. The number of nitrogens with zero attached hydrogens (tertiary/aromatic N) is 1.